The average Bonchev–Trinajstić information content (AvgIpc) is 3.75. The molecule has 0 spiro atoms. The Labute approximate surface area is 296 Å². The summed E-state index contributed by atoms with van der Waals surface area (Å²) in [5.74, 6) is -0.792. The van der Waals surface area contributed by atoms with Gasteiger partial charge in [-0.2, -0.15) is 0 Å². The number of rotatable bonds is 4. The molecule has 2 aromatic heterocycles. The van der Waals surface area contributed by atoms with Crippen LogP contribution in [0, 0.1) is 0 Å². The second-order valence-electron chi connectivity index (χ2n) is 9.38. The van der Waals surface area contributed by atoms with Gasteiger partial charge in [-0.25, -0.2) is 9.97 Å². The highest BCUT2D eigenvalue weighted by Crippen LogP contribution is 2.41. The Balaban J connectivity index is 1.48. The number of aromatic nitrogens is 2. The minimum absolute atomic E-state index is 0.500. The summed E-state index contributed by atoms with van der Waals surface area (Å²) >= 11 is 0. The van der Waals surface area contributed by atoms with Crippen molar-refractivity contribution in [3.05, 3.63) is 157 Å². The van der Waals surface area contributed by atoms with Crippen molar-refractivity contribution in [3.8, 4) is 44.9 Å². The fourth-order valence-corrected chi connectivity index (χ4v) is 4.81. The van der Waals surface area contributed by atoms with E-state index in [0.29, 0.717) is 0 Å². The van der Waals surface area contributed by atoms with Crippen LogP contribution in [0.5, 0.6) is 0 Å². The molecule has 2 heterocycles. The topological polar surface area (TPSA) is 38.9 Å². The zero-order chi connectivity index (χ0) is 52.4. The van der Waals surface area contributed by atoms with Gasteiger partial charge in [-0.3, -0.25) is 0 Å². The van der Waals surface area contributed by atoms with Crippen molar-refractivity contribution in [3.63, 3.8) is 0 Å². The van der Waals surface area contributed by atoms with E-state index in [1.165, 1.54) is 0 Å². The van der Waals surface area contributed by atoms with Crippen molar-refractivity contribution in [2.24, 2.45) is 0 Å². The molecule has 3 heteroatoms. The lowest BCUT2D eigenvalue weighted by Crippen LogP contribution is -1.96. The fourth-order valence-electron chi connectivity index (χ4n) is 4.81. The summed E-state index contributed by atoms with van der Waals surface area (Å²) in [7, 11) is 0. The molecule has 0 N–H and O–H groups in total. The number of fused-ring (bicyclic) bond motifs is 6. The zero-order valence-corrected chi connectivity index (χ0v) is 22.3. The van der Waals surface area contributed by atoms with Crippen LogP contribution in [0.2, 0.25) is 0 Å². The van der Waals surface area contributed by atoms with Crippen LogP contribution in [0.1, 0.15) is 35.6 Å². The number of benzene rings is 7. The maximum Gasteiger partial charge on any atom is 0.161 e. The second kappa shape index (κ2) is 10.3. The normalized spacial score (nSPS) is 19.6. The summed E-state index contributed by atoms with van der Waals surface area (Å²) in [5.41, 5.74) is -6.76. The zero-order valence-electron chi connectivity index (χ0n) is 48.3. The molecule has 0 unspecified atom stereocenters. The third kappa shape index (κ3) is 4.29. The van der Waals surface area contributed by atoms with E-state index in [-0.39, 0.29) is 0 Å². The van der Waals surface area contributed by atoms with Gasteiger partial charge >= 0.3 is 0 Å². The highest BCUT2D eigenvalue weighted by atomic mass is 16.3. The van der Waals surface area contributed by atoms with E-state index in [1.54, 1.807) is 0 Å². The molecule has 7 aromatic carbocycles. The van der Waals surface area contributed by atoms with Gasteiger partial charge < -0.3 is 4.42 Å². The van der Waals surface area contributed by atoms with E-state index in [0.717, 1.165) is 0 Å². The quantitative estimate of drug-likeness (QED) is 0.202. The Kier molecular flexibility index (Phi) is 2.41. The lowest BCUT2D eigenvalue weighted by molar-refractivity contribution is 0.673. The molecule has 0 aliphatic carbocycles. The van der Waals surface area contributed by atoms with Crippen LogP contribution in [0.25, 0.3) is 88.5 Å². The minimum Gasteiger partial charge on any atom is -0.455 e. The van der Waals surface area contributed by atoms with Crippen molar-refractivity contribution in [2.75, 3.05) is 0 Å². The summed E-state index contributed by atoms with van der Waals surface area (Å²) in [6.07, 6.45) is 0. The lowest BCUT2D eigenvalue weighted by atomic mass is 9.98. The van der Waals surface area contributed by atoms with Crippen LogP contribution in [-0.4, -0.2) is 9.97 Å². The summed E-state index contributed by atoms with van der Waals surface area (Å²) in [6.45, 7) is 0. The van der Waals surface area contributed by atoms with Gasteiger partial charge in [0.25, 0.3) is 0 Å². The van der Waals surface area contributed by atoms with Crippen LogP contribution in [0.3, 0.4) is 0 Å². The van der Waals surface area contributed by atoms with E-state index in [1.807, 2.05) is 0 Å². The Hall–Kier alpha value is -6.06. The predicted octanol–water partition coefficient (Wildman–Crippen LogP) is 11.4. The fraction of sp³-hybridized carbons (Fsp3) is 0. The molecule has 0 saturated carbocycles. The van der Waals surface area contributed by atoms with Crippen LogP contribution >= 0.6 is 0 Å². The molecule has 0 fully saturated rings. The summed E-state index contributed by atoms with van der Waals surface area (Å²) in [4.78, 5) is 8.92. The Morgan fingerprint density at radius 1 is 0.422 bits per heavy atom. The minimum atomic E-state index is -1.000. The number of hydrogen-bond donors (Lipinski definition) is 0. The van der Waals surface area contributed by atoms with E-state index >= 15 is 0 Å². The molecule has 45 heavy (non-hydrogen) atoms. The third-order valence-corrected chi connectivity index (χ3v) is 6.80. The number of para-hydroxylation sites is 1. The molecule has 3 nitrogen and oxygen atoms in total. The average molecular weight is 601 g/mol. The Morgan fingerprint density at radius 2 is 1.00 bits per heavy atom. The standard InChI is InChI=1S/C42H26N2O/c1-3-11-27(12-4-1)29-19-21-30(22-20-29)40-35-17-9-10-18-38(35)43-42(44-40)37-26-36-33-24-23-31(28-13-5-2-6-14-28)25-39(33)45-41(36)34-16-8-7-15-32(34)37/h1-26H/i1D,2D,3D,4D,5D,6D,7D,8D,9D,10D,11D,12D,13D,14D,15D,16D,17D,18D,19D,20D,21D,22D,23D,24D,25D,26D. The molecule has 0 aliphatic heterocycles. The Morgan fingerprint density at radius 3 is 1.76 bits per heavy atom. The summed E-state index contributed by atoms with van der Waals surface area (Å²) < 4.78 is 233. The van der Waals surface area contributed by atoms with Crippen molar-refractivity contribution in [1.82, 2.24) is 9.97 Å². The van der Waals surface area contributed by atoms with Gasteiger partial charge in [0.15, 0.2) is 5.82 Å². The number of hydrogen-bond acceptors (Lipinski definition) is 3. The van der Waals surface area contributed by atoms with Gasteiger partial charge in [0.2, 0.25) is 0 Å². The van der Waals surface area contributed by atoms with Crippen LogP contribution in [-0.2, 0) is 0 Å². The molecule has 210 valence electrons. The van der Waals surface area contributed by atoms with E-state index in [9.17, 15) is 6.85 Å². The molecule has 9 aromatic rings. The van der Waals surface area contributed by atoms with Gasteiger partial charge in [-0.1, -0.05) is 133 Å². The first kappa shape index (κ1) is 10.5. The van der Waals surface area contributed by atoms with E-state index in [2.05, 4.69) is 9.97 Å². The van der Waals surface area contributed by atoms with E-state index < -0.39 is 246 Å². The van der Waals surface area contributed by atoms with Crippen LogP contribution in [0.15, 0.2) is 162 Å². The summed E-state index contributed by atoms with van der Waals surface area (Å²) in [5, 5.41) is -2.72. The molecule has 0 atom stereocenters. The summed E-state index contributed by atoms with van der Waals surface area (Å²) in [6, 6.07) is -22.6. The van der Waals surface area contributed by atoms with Crippen LogP contribution in [0.4, 0.5) is 0 Å². The van der Waals surface area contributed by atoms with Crippen molar-refractivity contribution in [1.29, 1.82) is 0 Å². The maximum absolute atomic E-state index is 9.78. The maximum atomic E-state index is 9.78. The van der Waals surface area contributed by atoms with Gasteiger partial charge in [-0.15, -0.1) is 0 Å². The molecule has 0 saturated heterocycles. The highest BCUT2D eigenvalue weighted by Gasteiger charge is 2.18. The van der Waals surface area contributed by atoms with E-state index in [4.69, 9.17) is 33.2 Å². The number of furan rings is 1. The Bertz CT molecular complexity index is 3930. The molecular weight excluding hydrogens is 548 g/mol. The largest absolute Gasteiger partial charge is 0.455 e. The van der Waals surface area contributed by atoms with Crippen molar-refractivity contribution < 1.29 is 40.1 Å². The van der Waals surface area contributed by atoms with Crippen LogP contribution < -0.4 is 0 Å². The van der Waals surface area contributed by atoms with Gasteiger partial charge in [0.05, 0.1) is 46.9 Å². The molecule has 0 amide bonds. The highest BCUT2D eigenvalue weighted by molar-refractivity contribution is 6.19. The first-order valence-electron chi connectivity index (χ1n) is 26.1. The molecule has 0 bridgehead atoms. The smallest absolute Gasteiger partial charge is 0.161 e. The molecular formula is C42H26N2O. The van der Waals surface area contributed by atoms with Crippen molar-refractivity contribution >= 4 is 43.6 Å². The third-order valence-electron chi connectivity index (χ3n) is 6.80. The first-order chi connectivity index (χ1) is 33.1. The monoisotopic (exact) mass is 600 g/mol. The molecule has 9 rings (SSSR count). The van der Waals surface area contributed by atoms with Gasteiger partial charge in [0, 0.05) is 32.7 Å². The molecule has 0 radical (unpaired) electrons. The first-order valence-corrected chi connectivity index (χ1v) is 13.1. The lowest BCUT2D eigenvalue weighted by Gasteiger charge is -2.12. The van der Waals surface area contributed by atoms with Gasteiger partial charge in [0.1, 0.15) is 11.2 Å². The van der Waals surface area contributed by atoms with Crippen molar-refractivity contribution in [2.45, 2.75) is 0 Å². The second-order valence-corrected chi connectivity index (χ2v) is 9.38. The molecule has 0 aliphatic rings. The predicted molar refractivity (Wildman–Crippen MR) is 186 cm³/mol. The van der Waals surface area contributed by atoms with Gasteiger partial charge in [-0.05, 0) is 51.8 Å². The number of nitrogens with zero attached hydrogens (tertiary/aromatic N) is 2. The SMILES string of the molecule is [2H]c1c([2H])c([2H])c(-c2c([2H])c([2H])c(-c3nc(-c4c([2H])c5c(oc6c([2H])c(-c7c([2H])c([2H])c([2H])c([2H])c7[2H])c([2H])c([2H])c65)c5c([2H])c([2H])c([2H])c([2H])c45)nc4c([2H])c([2H])c([2H])c([2H])c34)c([2H])c2[2H])c([2H])c1[2H].